The van der Waals surface area contributed by atoms with Crippen molar-refractivity contribution in [2.24, 2.45) is 5.92 Å². The zero-order valence-electron chi connectivity index (χ0n) is 12.9. The number of rotatable bonds is 6. The SMILES string of the molecule is CCCOc1cc(N(C)CC2CCCCC2)ccc1N. The molecule has 3 heteroatoms. The van der Waals surface area contributed by atoms with Gasteiger partial charge in [-0.3, -0.25) is 0 Å². The van der Waals surface area contributed by atoms with E-state index in [1.54, 1.807) is 0 Å². The lowest BCUT2D eigenvalue weighted by Gasteiger charge is -2.28. The Morgan fingerprint density at radius 1 is 1.25 bits per heavy atom. The molecule has 2 rings (SSSR count). The van der Waals surface area contributed by atoms with Gasteiger partial charge in [-0.1, -0.05) is 26.2 Å². The summed E-state index contributed by atoms with van der Waals surface area (Å²) in [5, 5.41) is 0. The molecule has 0 heterocycles. The Balaban J connectivity index is 1.99. The highest BCUT2D eigenvalue weighted by Crippen LogP contribution is 2.30. The van der Waals surface area contributed by atoms with E-state index in [9.17, 15) is 0 Å². The van der Waals surface area contributed by atoms with E-state index in [1.807, 2.05) is 6.07 Å². The summed E-state index contributed by atoms with van der Waals surface area (Å²) in [4.78, 5) is 2.34. The van der Waals surface area contributed by atoms with Crippen LogP contribution in [0.1, 0.15) is 45.4 Å². The minimum Gasteiger partial charge on any atom is -0.491 e. The maximum atomic E-state index is 5.97. The Hall–Kier alpha value is -1.38. The van der Waals surface area contributed by atoms with E-state index >= 15 is 0 Å². The van der Waals surface area contributed by atoms with Crippen LogP contribution < -0.4 is 15.4 Å². The van der Waals surface area contributed by atoms with Gasteiger partial charge in [-0.15, -0.1) is 0 Å². The smallest absolute Gasteiger partial charge is 0.144 e. The van der Waals surface area contributed by atoms with Crippen LogP contribution in [0.15, 0.2) is 18.2 Å². The van der Waals surface area contributed by atoms with E-state index in [0.29, 0.717) is 0 Å². The highest BCUT2D eigenvalue weighted by atomic mass is 16.5. The first-order valence-electron chi connectivity index (χ1n) is 7.94. The molecule has 0 spiro atoms. The second-order valence-electron chi connectivity index (χ2n) is 5.96. The number of hydrogen-bond donors (Lipinski definition) is 1. The molecule has 0 radical (unpaired) electrons. The second-order valence-corrected chi connectivity index (χ2v) is 5.96. The normalized spacial score (nSPS) is 16.1. The van der Waals surface area contributed by atoms with E-state index in [2.05, 4.69) is 31.0 Å². The fourth-order valence-corrected chi connectivity index (χ4v) is 2.96. The summed E-state index contributed by atoms with van der Waals surface area (Å²) in [7, 11) is 2.17. The molecule has 112 valence electrons. The van der Waals surface area contributed by atoms with Crippen molar-refractivity contribution in [3.63, 3.8) is 0 Å². The first-order chi connectivity index (χ1) is 9.70. The Bertz CT molecular complexity index is 413. The van der Waals surface area contributed by atoms with Gasteiger partial charge in [0, 0.05) is 25.3 Å². The van der Waals surface area contributed by atoms with Gasteiger partial charge >= 0.3 is 0 Å². The Morgan fingerprint density at radius 2 is 2.00 bits per heavy atom. The number of nitrogens with zero attached hydrogens (tertiary/aromatic N) is 1. The number of hydrogen-bond acceptors (Lipinski definition) is 3. The van der Waals surface area contributed by atoms with Crippen LogP contribution in [0.3, 0.4) is 0 Å². The van der Waals surface area contributed by atoms with Gasteiger partial charge in [-0.2, -0.15) is 0 Å². The van der Waals surface area contributed by atoms with Crippen LogP contribution in [-0.2, 0) is 0 Å². The monoisotopic (exact) mass is 276 g/mol. The number of anilines is 2. The average molecular weight is 276 g/mol. The van der Waals surface area contributed by atoms with Gasteiger partial charge in [-0.25, -0.2) is 0 Å². The summed E-state index contributed by atoms with van der Waals surface area (Å²) >= 11 is 0. The Labute approximate surface area is 123 Å². The number of ether oxygens (including phenoxy) is 1. The molecule has 1 fully saturated rings. The first kappa shape index (κ1) is 15.0. The molecule has 0 amide bonds. The maximum absolute atomic E-state index is 5.97. The zero-order valence-corrected chi connectivity index (χ0v) is 12.9. The van der Waals surface area contributed by atoms with Gasteiger partial charge in [0.2, 0.25) is 0 Å². The Kier molecular flexibility index (Phi) is 5.57. The molecule has 0 aliphatic heterocycles. The molecular formula is C17H28N2O. The highest BCUT2D eigenvalue weighted by molar-refractivity contribution is 5.62. The third-order valence-electron chi connectivity index (χ3n) is 4.16. The van der Waals surface area contributed by atoms with Crippen molar-refractivity contribution >= 4 is 11.4 Å². The fraction of sp³-hybridized carbons (Fsp3) is 0.647. The van der Waals surface area contributed by atoms with Gasteiger partial charge in [-0.05, 0) is 37.3 Å². The summed E-state index contributed by atoms with van der Waals surface area (Å²) in [5.74, 6) is 1.66. The summed E-state index contributed by atoms with van der Waals surface area (Å²) in [6, 6.07) is 6.13. The van der Waals surface area contributed by atoms with Crippen LogP contribution in [0, 0.1) is 5.92 Å². The predicted molar refractivity (Wildman–Crippen MR) is 86.5 cm³/mol. The van der Waals surface area contributed by atoms with Crippen LogP contribution in [0.4, 0.5) is 11.4 Å². The molecule has 1 aromatic rings. The molecule has 1 aliphatic rings. The van der Waals surface area contributed by atoms with Crippen molar-refractivity contribution in [1.29, 1.82) is 0 Å². The van der Waals surface area contributed by atoms with Crippen LogP contribution in [-0.4, -0.2) is 20.2 Å². The first-order valence-corrected chi connectivity index (χ1v) is 7.94. The summed E-state index contributed by atoms with van der Waals surface area (Å²) < 4.78 is 5.72. The minimum absolute atomic E-state index is 0.722. The quantitative estimate of drug-likeness (QED) is 0.796. The van der Waals surface area contributed by atoms with Gasteiger partial charge in [0.25, 0.3) is 0 Å². The van der Waals surface area contributed by atoms with E-state index in [0.717, 1.165) is 36.9 Å². The van der Waals surface area contributed by atoms with E-state index < -0.39 is 0 Å². The molecule has 3 nitrogen and oxygen atoms in total. The van der Waals surface area contributed by atoms with Gasteiger partial charge in [0.1, 0.15) is 5.75 Å². The van der Waals surface area contributed by atoms with Crippen molar-refractivity contribution in [2.75, 3.05) is 30.8 Å². The van der Waals surface area contributed by atoms with Crippen molar-refractivity contribution in [3.05, 3.63) is 18.2 Å². The van der Waals surface area contributed by atoms with E-state index in [1.165, 1.54) is 37.8 Å². The number of benzene rings is 1. The fourth-order valence-electron chi connectivity index (χ4n) is 2.96. The van der Waals surface area contributed by atoms with Crippen LogP contribution in [0.25, 0.3) is 0 Å². The molecular weight excluding hydrogens is 248 g/mol. The highest BCUT2D eigenvalue weighted by Gasteiger charge is 2.16. The molecule has 20 heavy (non-hydrogen) atoms. The molecule has 2 N–H and O–H groups in total. The van der Waals surface area contributed by atoms with E-state index in [4.69, 9.17) is 10.5 Å². The third-order valence-corrected chi connectivity index (χ3v) is 4.16. The lowest BCUT2D eigenvalue weighted by atomic mass is 9.89. The minimum atomic E-state index is 0.722. The molecule has 0 atom stereocenters. The second kappa shape index (κ2) is 7.41. The van der Waals surface area contributed by atoms with E-state index in [-0.39, 0.29) is 0 Å². The number of nitrogens with two attached hydrogens (primary N) is 1. The van der Waals surface area contributed by atoms with Gasteiger partial charge in [0.05, 0.1) is 12.3 Å². The average Bonchev–Trinajstić information content (AvgIpc) is 2.47. The molecule has 0 aromatic heterocycles. The van der Waals surface area contributed by atoms with Crippen LogP contribution in [0.2, 0.25) is 0 Å². The van der Waals surface area contributed by atoms with Crippen LogP contribution >= 0.6 is 0 Å². The predicted octanol–water partition coefficient (Wildman–Crippen LogP) is 4.07. The summed E-state index contributed by atoms with van der Waals surface area (Å²) in [6.07, 6.45) is 7.95. The molecule has 1 saturated carbocycles. The summed E-state index contributed by atoms with van der Waals surface area (Å²) in [6.45, 7) is 3.96. The lowest BCUT2D eigenvalue weighted by molar-refractivity contribution is 0.319. The largest absolute Gasteiger partial charge is 0.491 e. The molecule has 0 unspecified atom stereocenters. The number of nitrogen functional groups attached to an aromatic ring is 1. The van der Waals surface area contributed by atoms with Crippen molar-refractivity contribution in [1.82, 2.24) is 0 Å². The van der Waals surface area contributed by atoms with Crippen molar-refractivity contribution < 1.29 is 4.74 Å². The van der Waals surface area contributed by atoms with Crippen LogP contribution in [0.5, 0.6) is 5.75 Å². The summed E-state index contributed by atoms with van der Waals surface area (Å²) in [5.41, 5.74) is 7.91. The van der Waals surface area contributed by atoms with Gasteiger partial charge in [0.15, 0.2) is 0 Å². The standard InChI is InChI=1S/C17H28N2O/c1-3-11-20-17-12-15(9-10-16(17)18)19(2)13-14-7-5-4-6-8-14/h9-10,12,14H,3-8,11,13,18H2,1-2H3. The van der Waals surface area contributed by atoms with Gasteiger partial charge < -0.3 is 15.4 Å². The van der Waals surface area contributed by atoms with Crippen molar-refractivity contribution in [3.8, 4) is 5.75 Å². The molecule has 0 saturated heterocycles. The Morgan fingerprint density at radius 3 is 2.70 bits per heavy atom. The lowest BCUT2D eigenvalue weighted by Crippen LogP contribution is -2.26. The maximum Gasteiger partial charge on any atom is 0.144 e. The molecule has 1 aliphatic carbocycles. The zero-order chi connectivity index (χ0) is 14.4. The van der Waals surface area contributed by atoms with Crippen molar-refractivity contribution in [2.45, 2.75) is 45.4 Å². The third kappa shape index (κ3) is 4.06. The topological polar surface area (TPSA) is 38.5 Å². The molecule has 1 aromatic carbocycles. The molecule has 0 bridgehead atoms.